The molecule has 1 aromatic heterocycles. The summed E-state index contributed by atoms with van der Waals surface area (Å²) in [5.41, 5.74) is 0.462. The third-order valence-electron chi connectivity index (χ3n) is 6.42. The van der Waals surface area contributed by atoms with Gasteiger partial charge >= 0.3 is 5.97 Å². The van der Waals surface area contributed by atoms with Crippen molar-refractivity contribution in [3.63, 3.8) is 0 Å². The van der Waals surface area contributed by atoms with Crippen LogP contribution in [0.3, 0.4) is 0 Å². The molecule has 0 radical (unpaired) electrons. The number of methoxy groups -OCH3 is 1. The fourth-order valence-electron chi connectivity index (χ4n) is 4.23. The lowest BCUT2D eigenvalue weighted by Crippen LogP contribution is -2.49. The molecule has 11 nitrogen and oxygen atoms in total. The smallest absolute Gasteiger partial charge is 0.337 e. The van der Waals surface area contributed by atoms with Crippen molar-refractivity contribution in [1.82, 2.24) is 20.9 Å². The number of Topliss-reactive ketones (excluding diaryl/α,β-unsaturated/α-hetero) is 1. The normalized spacial score (nSPS) is 18.2. The van der Waals surface area contributed by atoms with Crippen LogP contribution < -0.4 is 16.0 Å². The molecule has 0 saturated carbocycles. The second-order valence-corrected chi connectivity index (χ2v) is 9.50. The standard InChI is InChI=1S/C27H29FN4O7/c1-13(2)22(23(34)21-14(3)24(35)32-26(21)37)31-20(33)12-18(15-8-10-16(11-9-15)27(38)39-4)30-25(36)17-6-5-7-19(28)29-17/h5-11,13-14,18,21-22H,12H2,1-4H3,(H,30,36)(H,31,33)(H,32,35,37)/t14-,18?,21-,22-/m1/s1. The van der Waals surface area contributed by atoms with E-state index in [0.717, 1.165) is 6.07 Å². The minimum Gasteiger partial charge on any atom is -0.465 e. The van der Waals surface area contributed by atoms with Crippen molar-refractivity contribution in [2.75, 3.05) is 7.11 Å². The number of aromatic nitrogens is 1. The first kappa shape index (κ1) is 29.1. The third-order valence-corrected chi connectivity index (χ3v) is 6.42. The minimum atomic E-state index is -1.23. The highest BCUT2D eigenvalue weighted by molar-refractivity contribution is 6.16. The first-order valence-electron chi connectivity index (χ1n) is 12.2. The Hall–Kier alpha value is -4.48. The van der Waals surface area contributed by atoms with E-state index in [0.29, 0.717) is 5.56 Å². The van der Waals surface area contributed by atoms with Gasteiger partial charge in [0.25, 0.3) is 5.91 Å². The van der Waals surface area contributed by atoms with Gasteiger partial charge in [0.2, 0.25) is 23.7 Å². The SMILES string of the molecule is COC(=O)c1ccc(C(CC(=O)N[C@@H](C(=O)[C@@H]2C(=O)NC(=O)[C@@H]2C)C(C)C)NC(=O)c2cccc(F)n2)cc1. The van der Waals surface area contributed by atoms with E-state index in [-0.39, 0.29) is 17.7 Å². The van der Waals surface area contributed by atoms with Crippen molar-refractivity contribution in [1.29, 1.82) is 0 Å². The van der Waals surface area contributed by atoms with E-state index < -0.39 is 71.2 Å². The van der Waals surface area contributed by atoms with Gasteiger partial charge in [0.05, 0.1) is 37.1 Å². The zero-order valence-electron chi connectivity index (χ0n) is 21.8. The van der Waals surface area contributed by atoms with Gasteiger partial charge < -0.3 is 15.4 Å². The Morgan fingerprint density at radius 2 is 1.69 bits per heavy atom. The van der Waals surface area contributed by atoms with Crippen molar-refractivity contribution in [2.24, 2.45) is 17.8 Å². The van der Waals surface area contributed by atoms with Gasteiger partial charge in [-0.25, -0.2) is 9.78 Å². The summed E-state index contributed by atoms with van der Waals surface area (Å²) in [6.07, 6.45) is -0.347. The van der Waals surface area contributed by atoms with Crippen LogP contribution in [0.5, 0.6) is 0 Å². The number of rotatable bonds is 10. The summed E-state index contributed by atoms with van der Waals surface area (Å²) in [4.78, 5) is 78.6. The first-order chi connectivity index (χ1) is 18.4. The molecule has 206 valence electrons. The summed E-state index contributed by atoms with van der Waals surface area (Å²) < 4.78 is 18.3. The second kappa shape index (κ2) is 12.4. The zero-order chi connectivity index (χ0) is 28.9. The summed E-state index contributed by atoms with van der Waals surface area (Å²) >= 11 is 0. The molecule has 1 aliphatic heterocycles. The first-order valence-corrected chi connectivity index (χ1v) is 12.2. The molecule has 2 aromatic rings. The molecule has 1 fully saturated rings. The molecule has 1 aromatic carbocycles. The maximum atomic E-state index is 13.6. The molecule has 39 heavy (non-hydrogen) atoms. The summed E-state index contributed by atoms with van der Waals surface area (Å²) in [6.45, 7) is 4.83. The Kier molecular flexibility index (Phi) is 9.23. The maximum absolute atomic E-state index is 13.6. The molecule has 1 unspecified atom stereocenters. The Morgan fingerprint density at radius 1 is 1.03 bits per heavy atom. The van der Waals surface area contributed by atoms with Crippen molar-refractivity contribution in [3.8, 4) is 0 Å². The lowest BCUT2D eigenvalue weighted by atomic mass is 9.85. The molecular formula is C27H29FN4O7. The number of amides is 4. The van der Waals surface area contributed by atoms with Crippen LogP contribution in [0.2, 0.25) is 0 Å². The van der Waals surface area contributed by atoms with Crippen molar-refractivity contribution < 1.29 is 37.9 Å². The number of pyridine rings is 1. The number of carbonyl (C=O) groups is 6. The highest BCUT2D eigenvalue weighted by Gasteiger charge is 2.46. The molecule has 3 rings (SSSR count). The number of nitrogens with one attached hydrogen (secondary N) is 3. The van der Waals surface area contributed by atoms with E-state index in [2.05, 4.69) is 25.7 Å². The fourth-order valence-corrected chi connectivity index (χ4v) is 4.23. The third kappa shape index (κ3) is 6.89. The van der Waals surface area contributed by atoms with Gasteiger partial charge in [-0.2, -0.15) is 4.39 Å². The maximum Gasteiger partial charge on any atom is 0.337 e. The van der Waals surface area contributed by atoms with Crippen LogP contribution in [0, 0.1) is 23.7 Å². The van der Waals surface area contributed by atoms with Gasteiger partial charge in [-0.15, -0.1) is 0 Å². The van der Waals surface area contributed by atoms with Crippen molar-refractivity contribution >= 4 is 35.4 Å². The largest absolute Gasteiger partial charge is 0.465 e. The number of hydrogen-bond acceptors (Lipinski definition) is 8. The van der Waals surface area contributed by atoms with Crippen LogP contribution in [-0.4, -0.2) is 53.5 Å². The average Bonchev–Trinajstić information content (AvgIpc) is 3.16. The molecule has 1 saturated heterocycles. The van der Waals surface area contributed by atoms with E-state index >= 15 is 0 Å². The van der Waals surface area contributed by atoms with Crippen molar-refractivity contribution in [3.05, 3.63) is 65.2 Å². The molecule has 0 spiro atoms. The number of imide groups is 1. The van der Waals surface area contributed by atoms with Crippen LogP contribution in [0.15, 0.2) is 42.5 Å². The van der Waals surface area contributed by atoms with Gasteiger partial charge in [-0.05, 0) is 35.7 Å². The van der Waals surface area contributed by atoms with E-state index in [4.69, 9.17) is 0 Å². The Morgan fingerprint density at radius 3 is 2.23 bits per heavy atom. The number of ether oxygens (including phenoxy) is 1. The van der Waals surface area contributed by atoms with Crippen LogP contribution in [-0.2, 0) is 23.9 Å². The molecule has 0 bridgehead atoms. The van der Waals surface area contributed by atoms with E-state index in [9.17, 15) is 33.2 Å². The quantitative estimate of drug-likeness (QED) is 0.177. The fraction of sp³-hybridized carbons (Fsp3) is 0.370. The predicted octanol–water partition coefficient (Wildman–Crippen LogP) is 1.49. The Labute approximate surface area is 223 Å². The van der Waals surface area contributed by atoms with Gasteiger partial charge in [-0.3, -0.25) is 29.3 Å². The summed E-state index contributed by atoms with van der Waals surface area (Å²) in [5.74, 6) is -7.21. The summed E-state index contributed by atoms with van der Waals surface area (Å²) in [5, 5.41) is 7.40. The molecule has 3 N–H and O–H groups in total. The van der Waals surface area contributed by atoms with Crippen LogP contribution in [0.1, 0.15) is 59.6 Å². The summed E-state index contributed by atoms with van der Waals surface area (Å²) in [6, 6.07) is 7.60. The number of halogens is 1. The molecular weight excluding hydrogens is 511 g/mol. The van der Waals surface area contributed by atoms with Crippen LogP contribution >= 0.6 is 0 Å². The number of benzene rings is 1. The predicted molar refractivity (Wildman–Crippen MR) is 134 cm³/mol. The number of nitrogens with zero attached hydrogens (tertiary/aromatic N) is 1. The highest BCUT2D eigenvalue weighted by Crippen LogP contribution is 2.24. The Bertz CT molecular complexity index is 1300. The average molecular weight is 541 g/mol. The molecule has 4 amide bonds. The van der Waals surface area contributed by atoms with Crippen molar-refractivity contribution in [2.45, 2.75) is 39.3 Å². The number of esters is 1. The van der Waals surface area contributed by atoms with Gasteiger partial charge in [0.1, 0.15) is 11.6 Å². The highest BCUT2D eigenvalue weighted by atomic mass is 19.1. The van der Waals surface area contributed by atoms with Gasteiger partial charge in [0, 0.05) is 0 Å². The Balaban J connectivity index is 1.83. The van der Waals surface area contributed by atoms with Gasteiger partial charge in [0.15, 0.2) is 5.78 Å². The van der Waals surface area contributed by atoms with Crippen LogP contribution in [0.4, 0.5) is 4.39 Å². The lowest BCUT2D eigenvalue weighted by molar-refractivity contribution is -0.137. The lowest BCUT2D eigenvalue weighted by Gasteiger charge is -2.26. The number of carbonyl (C=O) groups excluding carboxylic acids is 6. The zero-order valence-corrected chi connectivity index (χ0v) is 21.8. The minimum absolute atomic E-state index is 0.215. The number of hydrogen-bond donors (Lipinski definition) is 3. The monoisotopic (exact) mass is 540 g/mol. The molecule has 0 aliphatic carbocycles. The van der Waals surface area contributed by atoms with Crippen LogP contribution in [0.25, 0.3) is 0 Å². The van der Waals surface area contributed by atoms with E-state index in [1.807, 2.05) is 0 Å². The molecule has 12 heteroatoms. The van der Waals surface area contributed by atoms with Gasteiger partial charge in [-0.1, -0.05) is 39.0 Å². The molecule has 1 aliphatic rings. The topological polar surface area (TPSA) is 161 Å². The summed E-state index contributed by atoms with van der Waals surface area (Å²) in [7, 11) is 1.23. The molecule has 4 atom stereocenters. The van der Waals surface area contributed by atoms with E-state index in [1.165, 1.54) is 50.4 Å². The second-order valence-electron chi connectivity index (χ2n) is 9.50. The number of ketones is 1. The van der Waals surface area contributed by atoms with E-state index in [1.54, 1.807) is 13.8 Å². The molecule has 2 heterocycles.